The molecular weight excluding hydrogens is 316 g/mol. The summed E-state index contributed by atoms with van der Waals surface area (Å²) in [5, 5.41) is 0. The monoisotopic (exact) mass is 342 g/mol. The average Bonchev–Trinajstić information content (AvgIpc) is 2.96. The van der Waals surface area contributed by atoms with E-state index in [9.17, 15) is 9.59 Å². The Hall–Kier alpha value is -1.84. The van der Waals surface area contributed by atoms with Gasteiger partial charge in [-0.2, -0.15) is 0 Å². The van der Waals surface area contributed by atoms with Crippen molar-refractivity contribution in [2.75, 3.05) is 0 Å². The van der Waals surface area contributed by atoms with E-state index in [2.05, 4.69) is 0 Å². The normalized spacial score (nSPS) is 34.4. The van der Waals surface area contributed by atoms with Gasteiger partial charge in [0, 0.05) is 11.5 Å². The van der Waals surface area contributed by atoms with E-state index in [-0.39, 0.29) is 11.2 Å². The van der Waals surface area contributed by atoms with Crippen molar-refractivity contribution in [1.82, 2.24) is 0 Å². The maximum absolute atomic E-state index is 13.1. The quantitative estimate of drug-likeness (QED) is 0.591. The molecule has 4 saturated carbocycles. The van der Waals surface area contributed by atoms with Crippen LogP contribution < -0.4 is 0 Å². The zero-order chi connectivity index (χ0) is 17.6. The highest BCUT2D eigenvalue weighted by atomic mass is 16.5. The number of carbonyl (C=O) groups is 2. The molecule has 0 saturated heterocycles. The molecule has 0 spiro atoms. The summed E-state index contributed by atoms with van der Waals surface area (Å²) in [5.74, 6) is 3.18. The summed E-state index contributed by atoms with van der Waals surface area (Å²) in [7, 11) is 0. The van der Waals surface area contributed by atoms with Crippen molar-refractivity contribution in [2.45, 2.75) is 58.5 Å². The van der Waals surface area contributed by atoms with Crippen molar-refractivity contribution in [3.8, 4) is 0 Å². The summed E-state index contributed by atoms with van der Waals surface area (Å²) in [6.07, 6.45) is 9.14. The number of Topliss-reactive ketones (excluding diaryl/α,β-unsaturated/α-hetero) is 1. The molecule has 0 N–H and O–H groups in total. The predicted molar refractivity (Wildman–Crippen MR) is 93.6 cm³/mol. The Kier molecular flexibility index (Phi) is 4.09. The summed E-state index contributed by atoms with van der Waals surface area (Å²) in [5.41, 5.74) is -0.226. The molecule has 1 atom stereocenters. The molecule has 4 aliphatic carbocycles. The Morgan fingerprint density at radius 3 is 2.28 bits per heavy atom. The summed E-state index contributed by atoms with van der Waals surface area (Å²) >= 11 is 0. The van der Waals surface area contributed by atoms with Gasteiger partial charge in [-0.1, -0.05) is 0 Å². The van der Waals surface area contributed by atoms with Gasteiger partial charge in [0.15, 0.2) is 11.9 Å². The minimum Gasteiger partial charge on any atom is -0.462 e. The van der Waals surface area contributed by atoms with Gasteiger partial charge in [0.2, 0.25) is 0 Å². The molecule has 0 amide bonds. The standard InChI is InChI=1S/C21H26O4/c1-13-3-4-18(24-13)5-6-19(22)25-14(2)20(23)21-10-15-7-16(11-21)9-17(8-15)12-21/h3-6,14-17H,7-12H2,1-2H3/b6-5+/t14-,15?,16?,17?,21?/m0/s1. The molecule has 0 aliphatic heterocycles. The van der Waals surface area contributed by atoms with E-state index in [0.717, 1.165) is 25.0 Å². The van der Waals surface area contributed by atoms with Gasteiger partial charge in [0.25, 0.3) is 0 Å². The number of rotatable bonds is 5. The number of ketones is 1. The van der Waals surface area contributed by atoms with E-state index in [1.165, 1.54) is 25.3 Å². The van der Waals surface area contributed by atoms with E-state index in [1.54, 1.807) is 19.1 Å². The SMILES string of the molecule is Cc1ccc(/C=C/C(=O)O[C@@H](C)C(=O)C23CC4CC(CC(C4)C2)C3)o1. The van der Waals surface area contributed by atoms with Crippen LogP contribution in [0.2, 0.25) is 0 Å². The van der Waals surface area contributed by atoms with Gasteiger partial charge < -0.3 is 9.15 Å². The zero-order valence-electron chi connectivity index (χ0n) is 15.0. The zero-order valence-corrected chi connectivity index (χ0v) is 15.0. The number of esters is 1. The minimum atomic E-state index is -0.674. The lowest BCUT2D eigenvalue weighted by Crippen LogP contribution is -2.52. The Labute approximate surface area is 148 Å². The Morgan fingerprint density at radius 2 is 1.76 bits per heavy atom. The fraction of sp³-hybridized carbons (Fsp3) is 0.619. The molecule has 4 fully saturated rings. The maximum Gasteiger partial charge on any atom is 0.331 e. The van der Waals surface area contributed by atoms with Crippen LogP contribution in [0.4, 0.5) is 0 Å². The summed E-state index contributed by atoms with van der Waals surface area (Å²) in [4.78, 5) is 25.2. The van der Waals surface area contributed by atoms with Gasteiger partial charge >= 0.3 is 5.97 Å². The lowest BCUT2D eigenvalue weighted by Gasteiger charge is -2.56. The van der Waals surface area contributed by atoms with Crippen LogP contribution in [0.3, 0.4) is 0 Å². The van der Waals surface area contributed by atoms with E-state index in [4.69, 9.17) is 9.15 Å². The fourth-order valence-electron chi connectivity index (χ4n) is 5.80. The first-order chi connectivity index (χ1) is 11.9. The molecule has 0 radical (unpaired) electrons. The van der Waals surface area contributed by atoms with Gasteiger partial charge in [-0.05, 0) is 88.3 Å². The number of aryl methyl sites for hydroxylation is 1. The van der Waals surface area contributed by atoms with Crippen molar-refractivity contribution < 1.29 is 18.7 Å². The highest BCUT2D eigenvalue weighted by Gasteiger charge is 2.55. The molecule has 134 valence electrons. The van der Waals surface area contributed by atoms with Gasteiger partial charge in [-0.25, -0.2) is 4.79 Å². The lowest BCUT2D eigenvalue weighted by molar-refractivity contribution is -0.162. The van der Waals surface area contributed by atoms with E-state index in [0.29, 0.717) is 23.5 Å². The molecule has 4 bridgehead atoms. The van der Waals surface area contributed by atoms with Gasteiger partial charge in [-0.15, -0.1) is 0 Å². The molecular formula is C21H26O4. The Bertz CT molecular complexity index is 676. The highest BCUT2D eigenvalue weighted by Crippen LogP contribution is 2.60. The predicted octanol–water partition coefficient (Wildman–Crippen LogP) is 4.32. The number of hydrogen-bond donors (Lipinski definition) is 0. The van der Waals surface area contributed by atoms with E-state index < -0.39 is 12.1 Å². The van der Waals surface area contributed by atoms with Crippen LogP contribution >= 0.6 is 0 Å². The molecule has 1 aromatic heterocycles. The van der Waals surface area contributed by atoms with Crippen LogP contribution in [-0.4, -0.2) is 17.9 Å². The molecule has 1 aromatic rings. The van der Waals surface area contributed by atoms with Crippen molar-refractivity contribution in [3.63, 3.8) is 0 Å². The average molecular weight is 342 g/mol. The van der Waals surface area contributed by atoms with E-state index in [1.807, 2.05) is 13.0 Å². The van der Waals surface area contributed by atoms with Crippen LogP contribution in [0.15, 0.2) is 22.6 Å². The van der Waals surface area contributed by atoms with Gasteiger partial charge in [0.1, 0.15) is 11.5 Å². The first kappa shape index (κ1) is 16.6. The molecule has 1 heterocycles. The van der Waals surface area contributed by atoms with Crippen LogP contribution in [0.5, 0.6) is 0 Å². The summed E-state index contributed by atoms with van der Waals surface area (Å²) in [6, 6.07) is 3.63. The van der Waals surface area contributed by atoms with Crippen LogP contribution in [0.25, 0.3) is 6.08 Å². The smallest absolute Gasteiger partial charge is 0.331 e. The van der Waals surface area contributed by atoms with Crippen LogP contribution in [0, 0.1) is 30.1 Å². The van der Waals surface area contributed by atoms with Crippen molar-refractivity contribution >= 4 is 17.8 Å². The molecule has 0 unspecified atom stereocenters. The van der Waals surface area contributed by atoms with Gasteiger partial charge in [0.05, 0.1) is 0 Å². The molecule has 4 nitrogen and oxygen atoms in total. The molecule has 4 aliphatic rings. The second-order valence-corrected chi connectivity index (χ2v) is 8.42. The Morgan fingerprint density at radius 1 is 1.16 bits per heavy atom. The fourth-order valence-corrected chi connectivity index (χ4v) is 5.80. The van der Waals surface area contributed by atoms with Crippen molar-refractivity contribution in [1.29, 1.82) is 0 Å². The van der Waals surface area contributed by atoms with E-state index >= 15 is 0 Å². The third-order valence-electron chi connectivity index (χ3n) is 6.37. The molecule has 4 heteroatoms. The number of hydrogen-bond acceptors (Lipinski definition) is 4. The second-order valence-electron chi connectivity index (χ2n) is 8.42. The van der Waals surface area contributed by atoms with Crippen LogP contribution in [0.1, 0.15) is 57.0 Å². The van der Waals surface area contributed by atoms with Gasteiger partial charge in [-0.3, -0.25) is 4.79 Å². The molecule has 25 heavy (non-hydrogen) atoms. The third-order valence-corrected chi connectivity index (χ3v) is 6.37. The first-order valence-corrected chi connectivity index (χ1v) is 9.43. The number of carbonyl (C=O) groups excluding carboxylic acids is 2. The highest BCUT2D eigenvalue weighted by molar-refractivity contribution is 5.93. The molecule has 0 aromatic carbocycles. The summed E-state index contributed by atoms with van der Waals surface area (Å²) < 4.78 is 10.8. The number of furan rings is 1. The largest absolute Gasteiger partial charge is 0.462 e. The van der Waals surface area contributed by atoms with Crippen molar-refractivity contribution in [3.05, 3.63) is 29.7 Å². The van der Waals surface area contributed by atoms with Crippen molar-refractivity contribution in [2.24, 2.45) is 23.2 Å². The first-order valence-electron chi connectivity index (χ1n) is 9.43. The topological polar surface area (TPSA) is 56.5 Å². The number of ether oxygens (including phenoxy) is 1. The maximum atomic E-state index is 13.1. The minimum absolute atomic E-state index is 0.141. The Balaban J connectivity index is 1.39. The second kappa shape index (κ2) is 6.15. The molecule has 5 rings (SSSR count). The lowest BCUT2D eigenvalue weighted by atomic mass is 9.48. The summed E-state index contributed by atoms with van der Waals surface area (Å²) in [6.45, 7) is 3.57. The van der Waals surface area contributed by atoms with Crippen LogP contribution in [-0.2, 0) is 14.3 Å². The third kappa shape index (κ3) is 3.19.